The van der Waals surface area contributed by atoms with Gasteiger partial charge in [0.15, 0.2) is 11.4 Å². The Kier molecular flexibility index (Phi) is 4.69. The minimum atomic E-state index is 0.331. The van der Waals surface area contributed by atoms with E-state index in [4.69, 9.17) is 10.3 Å². The average molecular weight is 318 g/mol. The third kappa shape index (κ3) is 3.13. The highest BCUT2D eigenvalue weighted by atomic mass is 32.2. The van der Waals surface area contributed by atoms with Gasteiger partial charge in [-0.05, 0) is 38.9 Å². The first-order chi connectivity index (χ1) is 10.7. The maximum atomic E-state index is 8.75. The van der Waals surface area contributed by atoms with Crippen molar-refractivity contribution in [3.8, 4) is 6.19 Å². The number of rotatable bonds is 3. The van der Waals surface area contributed by atoms with Crippen LogP contribution in [0.25, 0.3) is 0 Å². The number of aromatic amines is 1. The molecule has 2 aliphatic heterocycles. The van der Waals surface area contributed by atoms with Gasteiger partial charge < -0.3 is 4.98 Å². The summed E-state index contributed by atoms with van der Waals surface area (Å²) in [5.74, 6) is 0. The maximum Gasteiger partial charge on any atom is 0.183 e. The first kappa shape index (κ1) is 15.4. The lowest BCUT2D eigenvalue weighted by Crippen LogP contribution is -2.44. The topological polar surface area (TPSA) is 80.1 Å². The van der Waals surface area contributed by atoms with E-state index in [-0.39, 0.29) is 0 Å². The van der Waals surface area contributed by atoms with Crippen molar-refractivity contribution in [1.29, 1.82) is 5.26 Å². The molecule has 2 N–H and O–H groups in total. The lowest BCUT2D eigenvalue weighted by atomic mass is 9.97. The zero-order chi connectivity index (χ0) is 15.5. The van der Waals surface area contributed by atoms with Crippen molar-refractivity contribution in [1.82, 2.24) is 20.2 Å². The van der Waals surface area contributed by atoms with Crippen LogP contribution in [0.2, 0.25) is 0 Å². The lowest BCUT2D eigenvalue weighted by Gasteiger charge is -2.37. The van der Waals surface area contributed by atoms with Gasteiger partial charge in [0.25, 0.3) is 0 Å². The second-order valence-electron chi connectivity index (χ2n) is 6.03. The molecule has 0 aromatic carbocycles. The first-order valence-electron chi connectivity index (χ1n) is 7.72. The van der Waals surface area contributed by atoms with Gasteiger partial charge in [-0.15, -0.1) is 0 Å². The van der Waals surface area contributed by atoms with E-state index in [0.29, 0.717) is 18.1 Å². The monoisotopic (exact) mass is 318 g/mol. The summed E-state index contributed by atoms with van der Waals surface area (Å²) in [5, 5.41) is 12.2. The van der Waals surface area contributed by atoms with Gasteiger partial charge in [0.1, 0.15) is 0 Å². The number of amidine groups is 1. The molecule has 2 bridgehead atoms. The normalized spacial score (nSPS) is 28.6. The number of hydrogen-bond acceptors (Lipinski definition) is 5. The molecule has 3 heterocycles. The first-order valence-corrected chi connectivity index (χ1v) is 8.95. The Balaban J connectivity index is 1.67. The third-order valence-corrected chi connectivity index (χ3v) is 5.38. The number of aliphatic imine (C=N–C) groups is 1. The van der Waals surface area contributed by atoms with Crippen LogP contribution in [0.15, 0.2) is 11.3 Å². The number of H-pyrrole nitrogens is 1. The molecule has 22 heavy (non-hydrogen) atoms. The summed E-state index contributed by atoms with van der Waals surface area (Å²) < 4.78 is 0. The molecule has 0 spiro atoms. The molecule has 2 saturated heterocycles. The van der Waals surface area contributed by atoms with E-state index in [2.05, 4.69) is 27.1 Å². The molecular weight excluding hydrogens is 296 g/mol. The van der Waals surface area contributed by atoms with E-state index in [9.17, 15) is 0 Å². The van der Waals surface area contributed by atoms with Crippen molar-refractivity contribution in [3.05, 3.63) is 17.7 Å². The van der Waals surface area contributed by atoms with Gasteiger partial charge >= 0.3 is 0 Å². The van der Waals surface area contributed by atoms with E-state index in [1.165, 1.54) is 30.3 Å². The van der Waals surface area contributed by atoms with Crippen LogP contribution in [-0.4, -0.2) is 44.4 Å². The molecular formula is C15H22N6S. The molecule has 0 aliphatic carbocycles. The van der Waals surface area contributed by atoms with Crippen LogP contribution >= 0.6 is 11.8 Å². The summed E-state index contributed by atoms with van der Waals surface area (Å²) in [4.78, 5) is 14.9. The highest BCUT2D eigenvalue weighted by Crippen LogP contribution is 2.38. The molecule has 2 fully saturated rings. The smallest absolute Gasteiger partial charge is 0.183 e. The number of aryl methyl sites for hydroxylation is 1. The summed E-state index contributed by atoms with van der Waals surface area (Å²) in [6.07, 6.45) is 10.4. The van der Waals surface area contributed by atoms with Crippen LogP contribution in [0.1, 0.15) is 37.1 Å². The molecule has 1 aromatic heterocycles. The van der Waals surface area contributed by atoms with Crippen molar-refractivity contribution in [2.45, 2.75) is 57.3 Å². The quantitative estimate of drug-likeness (QED) is 0.386. The number of nitrogens with one attached hydrogen (secondary N) is 2. The number of piperidine rings is 1. The highest BCUT2D eigenvalue weighted by Gasteiger charge is 2.41. The van der Waals surface area contributed by atoms with Crippen LogP contribution in [0.4, 0.5) is 0 Å². The van der Waals surface area contributed by atoms with Crippen molar-refractivity contribution >= 4 is 16.9 Å². The van der Waals surface area contributed by atoms with E-state index >= 15 is 0 Å². The van der Waals surface area contributed by atoms with E-state index in [1.807, 2.05) is 12.4 Å². The summed E-state index contributed by atoms with van der Waals surface area (Å²) in [6, 6.07) is 1.51. The van der Waals surface area contributed by atoms with E-state index in [0.717, 1.165) is 30.2 Å². The van der Waals surface area contributed by atoms with Crippen molar-refractivity contribution < 1.29 is 0 Å². The maximum absolute atomic E-state index is 8.75. The molecule has 0 saturated carbocycles. The standard InChI is InChI=1S/C15H22N6S/c1-10-14(19-9-18-10)7-21-12-3-4-13(21)6-11(5-12)20-15(22-2)17-8-16/h9,11-13H,3-7H2,1-2H3,(H,17,20)(H,18,19)/t11?,12-,13+. The Hall–Kier alpha value is -1.52. The molecule has 3 rings (SSSR count). The second-order valence-corrected chi connectivity index (χ2v) is 6.83. The molecule has 3 atom stereocenters. The second kappa shape index (κ2) is 6.71. The van der Waals surface area contributed by atoms with E-state index < -0.39 is 0 Å². The zero-order valence-corrected chi connectivity index (χ0v) is 13.9. The number of fused-ring (bicyclic) bond motifs is 2. The number of nitrogens with zero attached hydrogens (tertiary/aromatic N) is 4. The molecule has 1 aromatic rings. The van der Waals surface area contributed by atoms with Gasteiger partial charge in [-0.2, -0.15) is 5.26 Å². The number of nitriles is 1. The zero-order valence-electron chi connectivity index (χ0n) is 13.0. The largest absolute Gasteiger partial charge is 0.348 e. The van der Waals surface area contributed by atoms with Crippen LogP contribution in [-0.2, 0) is 6.54 Å². The Labute approximate surface area is 135 Å². The van der Waals surface area contributed by atoms with Gasteiger partial charge in [-0.1, -0.05) is 11.8 Å². The number of hydrogen-bond donors (Lipinski definition) is 2. The minimum Gasteiger partial charge on any atom is -0.348 e. The minimum absolute atomic E-state index is 0.331. The predicted octanol–water partition coefficient (Wildman–Crippen LogP) is 2.00. The SMILES string of the molecule is CSC(=NC1C[C@H]2CC[C@@H](C1)N2Cc1nc[nH]c1C)NC#N. The van der Waals surface area contributed by atoms with Gasteiger partial charge in [0.05, 0.1) is 18.1 Å². The molecule has 0 radical (unpaired) electrons. The summed E-state index contributed by atoms with van der Waals surface area (Å²) >= 11 is 1.51. The molecule has 1 unspecified atom stereocenters. The summed E-state index contributed by atoms with van der Waals surface area (Å²) in [7, 11) is 0. The van der Waals surface area contributed by atoms with Crippen LogP contribution in [0, 0.1) is 18.4 Å². The molecule has 118 valence electrons. The fourth-order valence-electron chi connectivity index (χ4n) is 3.68. The molecule has 7 heteroatoms. The molecule has 6 nitrogen and oxygen atoms in total. The number of aromatic nitrogens is 2. The predicted molar refractivity (Wildman–Crippen MR) is 88.4 cm³/mol. The highest BCUT2D eigenvalue weighted by molar-refractivity contribution is 8.13. The van der Waals surface area contributed by atoms with Crippen molar-refractivity contribution in [2.24, 2.45) is 4.99 Å². The molecule has 0 amide bonds. The fraction of sp³-hybridized carbons (Fsp3) is 0.667. The third-order valence-electron chi connectivity index (χ3n) is 4.78. The fourth-order valence-corrected chi connectivity index (χ4v) is 4.08. The number of imidazole rings is 1. The Morgan fingerprint density at radius 2 is 2.27 bits per heavy atom. The van der Waals surface area contributed by atoms with Crippen LogP contribution in [0.3, 0.4) is 0 Å². The summed E-state index contributed by atoms with van der Waals surface area (Å²) in [5.41, 5.74) is 2.33. The Morgan fingerprint density at radius 1 is 1.55 bits per heavy atom. The van der Waals surface area contributed by atoms with Gasteiger partial charge in [0, 0.05) is 24.3 Å². The van der Waals surface area contributed by atoms with Crippen molar-refractivity contribution in [2.75, 3.05) is 6.26 Å². The Morgan fingerprint density at radius 3 is 2.82 bits per heavy atom. The summed E-state index contributed by atoms with van der Waals surface area (Å²) in [6.45, 7) is 3.02. The van der Waals surface area contributed by atoms with Crippen LogP contribution < -0.4 is 5.32 Å². The van der Waals surface area contributed by atoms with Crippen LogP contribution in [0.5, 0.6) is 0 Å². The lowest BCUT2D eigenvalue weighted by molar-refractivity contribution is 0.119. The molecule has 2 aliphatic rings. The van der Waals surface area contributed by atoms with Gasteiger partial charge in [-0.3, -0.25) is 15.2 Å². The van der Waals surface area contributed by atoms with E-state index in [1.54, 1.807) is 6.33 Å². The van der Waals surface area contributed by atoms with Gasteiger partial charge in [0.2, 0.25) is 0 Å². The number of thioether (sulfide) groups is 1. The van der Waals surface area contributed by atoms with Gasteiger partial charge in [-0.25, -0.2) is 4.98 Å². The Bertz CT molecular complexity index is 575. The average Bonchev–Trinajstić information content (AvgIpc) is 3.00. The van der Waals surface area contributed by atoms with Crippen molar-refractivity contribution in [3.63, 3.8) is 0 Å².